The van der Waals surface area contributed by atoms with Gasteiger partial charge in [0.25, 0.3) is 0 Å². The lowest BCUT2D eigenvalue weighted by molar-refractivity contribution is -0.115. The molecule has 2 rings (SSSR count). The van der Waals surface area contributed by atoms with E-state index in [1.54, 1.807) is 6.08 Å². The Kier molecular flexibility index (Phi) is 2.73. The molecule has 0 amide bonds. The van der Waals surface area contributed by atoms with Crippen LogP contribution in [0.2, 0.25) is 0 Å². The molecule has 1 N–H and O–H groups in total. The van der Waals surface area contributed by atoms with E-state index in [9.17, 15) is 9.90 Å². The van der Waals surface area contributed by atoms with Gasteiger partial charge in [-0.2, -0.15) is 0 Å². The predicted octanol–water partition coefficient (Wildman–Crippen LogP) is 2.36. The van der Waals surface area contributed by atoms with Crippen LogP contribution in [0.4, 0.5) is 0 Å². The minimum Gasteiger partial charge on any atom is -0.386 e. The van der Waals surface area contributed by atoms with Crippen LogP contribution in [0.3, 0.4) is 0 Å². The molecule has 0 atom stereocenters. The highest BCUT2D eigenvalue weighted by atomic mass is 16.3. The van der Waals surface area contributed by atoms with Gasteiger partial charge in [-0.3, -0.25) is 4.79 Å². The summed E-state index contributed by atoms with van der Waals surface area (Å²) in [4.78, 5) is 11.3. The third-order valence-electron chi connectivity index (χ3n) is 3.48. The first-order chi connectivity index (χ1) is 6.71. The number of allylic oxidation sites excluding steroid dienone is 1. The number of ketones is 1. The Morgan fingerprint density at radius 1 is 1.07 bits per heavy atom. The monoisotopic (exact) mass is 194 g/mol. The van der Waals surface area contributed by atoms with E-state index in [1.165, 1.54) is 6.42 Å². The Labute approximate surface area is 85.0 Å². The number of hydrogen-bond donors (Lipinski definition) is 1. The van der Waals surface area contributed by atoms with Crippen molar-refractivity contribution >= 4 is 5.78 Å². The fourth-order valence-corrected chi connectivity index (χ4v) is 2.62. The fourth-order valence-electron chi connectivity index (χ4n) is 2.62. The maximum Gasteiger partial charge on any atom is 0.155 e. The molecule has 1 saturated carbocycles. The van der Waals surface area contributed by atoms with Crippen LogP contribution in [0.15, 0.2) is 11.6 Å². The molecule has 2 aliphatic carbocycles. The molecule has 0 heterocycles. The lowest BCUT2D eigenvalue weighted by atomic mass is 9.76. The molecule has 0 radical (unpaired) electrons. The quantitative estimate of drug-likeness (QED) is 0.695. The van der Waals surface area contributed by atoms with E-state index < -0.39 is 5.60 Å². The molecule has 0 unspecified atom stereocenters. The molecule has 0 saturated heterocycles. The van der Waals surface area contributed by atoms with Gasteiger partial charge in [0.2, 0.25) is 0 Å². The predicted molar refractivity (Wildman–Crippen MR) is 55.0 cm³/mol. The van der Waals surface area contributed by atoms with Gasteiger partial charge in [-0.25, -0.2) is 0 Å². The van der Waals surface area contributed by atoms with Gasteiger partial charge in [-0.1, -0.05) is 19.3 Å². The summed E-state index contributed by atoms with van der Waals surface area (Å²) in [6, 6.07) is 0. The summed E-state index contributed by atoms with van der Waals surface area (Å²) in [5.74, 6) is 0.199. The van der Waals surface area contributed by atoms with E-state index in [0.717, 1.165) is 44.1 Å². The average molecular weight is 194 g/mol. The molecule has 2 nitrogen and oxygen atoms in total. The van der Waals surface area contributed by atoms with Gasteiger partial charge >= 0.3 is 0 Å². The van der Waals surface area contributed by atoms with E-state index in [1.807, 2.05) is 0 Å². The minimum atomic E-state index is -0.631. The standard InChI is InChI=1S/C12H18O2/c13-11-6-4-5-10(9-11)12(14)7-2-1-3-8-12/h9,14H,1-8H2. The van der Waals surface area contributed by atoms with Crippen LogP contribution in [0, 0.1) is 0 Å². The van der Waals surface area contributed by atoms with Gasteiger partial charge in [0.1, 0.15) is 0 Å². The van der Waals surface area contributed by atoms with Crippen molar-refractivity contribution in [2.45, 2.75) is 57.0 Å². The van der Waals surface area contributed by atoms with Gasteiger partial charge in [-0.05, 0) is 37.3 Å². The highest BCUT2D eigenvalue weighted by Crippen LogP contribution is 2.37. The Balaban J connectivity index is 2.15. The van der Waals surface area contributed by atoms with Gasteiger partial charge in [0.15, 0.2) is 5.78 Å². The summed E-state index contributed by atoms with van der Waals surface area (Å²) in [5.41, 5.74) is 0.377. The van der Waals surface area contributed by atoms with Crippen molar-refractivity contribution in [3.05, 3.63) is 11.6 Å². The van der Waals surface area contributed by atoms with Gasteiger partial charge < -0.3 is 5.11 Å². The second-order valence-electron chi connectivity index (χ2n) is 4.58. The van der Waals surface area contributed by atoms with E-state index in [4.69, 9.17) is 0 Å². The zero-order valence-electron chi connectivity index (χ0n) is 8.59. The number of carbonyl (C=O) groups is 1. The third kappa shape index (κ3) is 1.90. The van der Waals surface area contributed by atoms with E-state index in [0.29, 0.717) is 6.42 Å². The zero-order chi connectivity index (χ0) is 10.0. The average Bonchev–Trinajstić information content (AvgIpc) is 2.19. The second kappa shape index (κ2) is 3.85. The molecule has 2 heteroatoms. The van der Waals surface area contributed by atoms with Crippen molar-refractivity contribution in [2.24, 2.45) is 0 Å². The fraction of sp³-hybridized carbons (Fsp3) is 0.750. The first-order valence-corrected chi connectivity index (χ1v) is 5.67. The highest BCUT2D eigenvalue weighted by Gasteiger charge is 2.34. The number of rotatable bonds is 1. The maximum atomic E-state index is 11.3. The lowest BCUT2D eigenvalue weighted by Crippen LogP contribution is -2.35. The first-order valence-electron chi connectivity index (χ1n) is 5.67. The van der Waals surface area contributed by atoms with Crippen LogP contribution in [-0.2, 0) is 4.79 Å². The number of carbonyl (C=O) groups excluding carboxylic acids is 1. The van der Waals surface area contributed by atoms with Crippen LogP contribution in [0.1, 0.15) is 51.4 Å². The molecule has 1 fully saturated rings. The summed E-state index contributed by atoms with van der Waals surface area (Å²) >= 11 is 0. The summed E-state index contributed by atoms with van der Waals surface area (Å²) in [7, 11) is 0. The van der Waals surface area contributed by atoms with Crippen molar-refractivity contribution in [3.63, 3.8) is 0 Å². The van der Waals surface area contributed by atoms with Crippen LogP contribution < -0.4 is 0 Å². The zero-order valence-corrected chi connectivity index (χ0v) is 8.59. The van der Waals surface area contributed by atoms with Crippen LogP contribution >= 0.6 is 0 Å². The number of aliphatic hydroxyl groups is 1. The Morgan fingerprint density at radius 2 is 1.79 bits per heavy atom. The first kappa shape index (κ1) is 9.91. The van der Waals surface area contributed by atoms with E-state index in [-0.39, 0.29) is 5.78 Å². The SMILES string of the molecule is O=C1C=C(C2(O)CCCCC2)CCC1. The molecule has 0 aliphatic heterocycles. The summed E-state index contributed by atoms with van der Waals surface area (Å²) in [6.07, 6.45) is 9.34. The van der Waals surface area contributed by atoms with Crippen molar-refractivity contribution in [3.8, 4) is 0 Å². The molecule has 14 heavy (non-hydrogen) atoms. The molecule has 78 valence electrons. The van der Waals surface area contributed by atoms with E-state index in [2.05, 4.69) is 0 Å². The summed E-state index contributed by atoms with van der Waals surface area (Å²) in [5, 5.41) is 10.4. The van der Waals surface area contributed by atoms with Gasteiger partial charge in [0.05, 0.1) is 5.60 Å². The van der Waals surface area contributed by atoms with Crippen molar-refractivity contribution in [1.29, 1.82) is 0 Å². The Bertz CT molecular complexity index is 259. The molecule has 0 bridgehead atoms. The topological polar surface area (TPSA) is 37.3 Å². The second-order valence-corrected chi connectivity index (χ2v) is 4.58. The molecule has 2 aliphatic rings. The van der Waals surface area contributed by atoms with Crippen LogP contribution in [0.25, 0.3) is 0 Å². The Morgan fingerprint density at radius 3 is 2.43 bits per heavy atom. The van der Waals surface area contributed by atoms with Crippen molar-refractivity contribution < 1.29 is 9.90 Å². The largest absolute Gasteiger partial charge is 0.386 e. The van der Waals surface area contributed by atoms with E-state index >= 15 is 0 Å². The molecular formula is C12H18O2. The van der Waals surface area contributed by atoms with Crippen molar-refractivity contribution in [1.82, 2.24) is 0 Å². The highest BCUT2D eigenvalue weighted by molar-refractivity contribution is 5.91. The number of hydrogen-bond acceptors (Lipinski definition) is 2. The van der Waals surface area contributed by atoms with Crippen molar-refractivity contribution in [2.75, 3.05) is 0 Å². The smallest absolute Gasteiger partial charge is 0.155 e. The van der Waals surface area contributed by atoms with Crippen LogP contribution in [0.5, 0.6) is 0 Å². The minimum absolute atomic E-state index is 0.199. The molecule has 0 aromatic rings. The summed E-state index contributed by atoms with van der Waals surface area (Å²) in [6.45, 7) is 0. The molecule has 0 aromatic carbocycles. The third-order valence-corrected chi connectivity index (χ3v) is 3.48. The van der Waals surface area contributed by atoms with Gasteiger partial charge in [0, 0.05) is 6.42 Å². The molecule has 0 spiro atoms. The van der Waals surface area contributed by atoms with Gasteiger partial charge in [-0.15, -0.1) is 0 Å². The lowest BCUT2D eigenvalue weighted by Gasteiger charge is -2.35. The summed E-state index contributed by atoms with van der Waals surface area (Å²) < 4.78 is 0. The van der Waals surface area contributed by atoms with Crippen LogP contribution in [-0.4, -0.2) is 16.5 Å². The molecule has 0 aromatic heterocycles. The normalized spacial score (nSPS) is 27.2. The Hall–Kier alpha value is -0.630. The molecular weight excluding hydrogens is 176 g/mol. The maximum absolute atomic E-state index is 11.3.